The summed E-state index contributed by atoms with van der Waals surface area (Å²) in [7, 11) is 3.50. The first kappa shape index (κ1) is 18.0. The maximum atomic E-state index is 5.79. The summed E-state index contributed by atoms with van der Waals surface area (Å²) in [4.78, 5) is 4.08. The summed E-state index contributed by atoms with van der Waals surface area (Å²) in [5, 5.41) is 10.5. The number of rotatable bonds is 11. The highest BCUT2D eigenvalue weighted by Gasteiger charge is 2.03. The predicted octanol–water partition coefficient (Wildman–Crippen LogP) is 1.01. The van der Waals surface area contributed by atoms with Gasteiger partial charge in [0.05, 0.1) is 13.2 Å². The van der Waals surface area contributed by atoms with E-state index >= 15 is 0 Å². The smallest absolute Gasteiger partial charge is 0.241 e. The van der Waals surface area contributed by atoms with Gasteiger partial charge in [0, 0.05) is 33.8 Å². The summed E-state index contributed by atoms with van der Waals surface area (Å²) in [6.45, 7) is 3.71. The average molecular weight is 334 g/mol. The SMILES string of the molecule is COCCNCc1cccc(OCCCNc2nc(N)nn2C)c1. The third-order valence-corrected chi connectivity index (χ3v) is 3.36. The van der Waals surface area contributed by atoms with E-state index in [4.69, 9.17) is 15.2 Å². The molecule has 1 aromatic carbocycles. The predicted molar refractivity (Wildman–Crippen MR) is 94.0 cm³/mol. The van der Waals surface area contributed by atoms with Crippen molar-refractivity contribution in [3.63, 3.8) is 0 Å². The molecule has 0 fully saturated rings. The molecule has 8 heteroatoms. The molecule has 2 aromatic rings. The number of hydrogen-bond acceptors (Lipinski definition) is 7. The molecular formula is C16H26N6O2. The fraction of sp³-hybridized carbons (Fsp3) is 0.500. The number of nitrogens with one attached hydrogen (secondary N) is 2. The molecule has 0 aliphatic heterocycles. The van der Waals surface area contributed by atoms with Crippen LogP contribution in [0.2, 0.25) is 0 Å². The number of hydrogen-bond donors (Lipinski definition) is 3. The number of nitrogen functional groups attached to an aromatic ring is 1. The van der Waals surface area contributed by atoms with Crippen molar-refractivity contribution in [3.05, 3.63) is 29.8 Å². The largest absolute Gasteiger partial charge is 0.494 e. The van der Waals surface area contributed by atoms with E-state index < -0.39 is 0 Å². The number of benzene rings is 1. The Morgan fingerprint density at radius 2 is 2.12 bits per heavy atom. The molecule has 4 N–H and O–H groups in total. The maximum Gasteiger partial charge on any atom is 0.241 e. The van der Waals surface area contributed by atoms with E-state index in [9.17, 15) is 0 Å². The highest BCUT2D eigenvalue weighted by atomic mass is 16.5. The molecule has 0 radical (unpaired) electrons. The van der Waals surface area contributed by atoms with Crippen molar-refractivity contribution in [2.24, 2.45) is 7.05 Å². The van der Waals surface area contributed by atoms with E-state index in [-0.39, 0.29) is 5.95 Å². The zero-order valence-corrected chi connectivity index (χ0v) is 14.3. The maximum absolute atomic E-state index is 5.79. The molecule has 0 amide bonds. The Bertz CT molecular complexity index is 616. The Morgan fingerprint density at radius 3 is 2.88 bits per heavy atom. The lowest BCUT2D eigenvalue weighted by Crippen LogP contribution is -2.18. The van der Waals surface area contributed by atoms with Crippen molar-refractivity contribution >= 4 is 11.9 Å². The van der Waals surface area contributed by atoms with Gasteiger partial charge in [-0.2, -0.15) is 4.98 Å². The Kier molecular flexibility index (Phi) is 7.31. The Labute approximate surface area is 142 Å². The van der Waals surface area contributed by atoms with Crippen molar-refractivity contribution in [3.8, 4) is 5.75 Å². The van der Waals surface area contributed by atoms with Gasteiger partial charge in [-0.15, -0.1) is 5.10 Å². The van der Waals surface area contributed by atoms with E-state index in [1.54, 1.807) is 18.8 Å². The number of aryl methyl sites for hydroxylation is 1. The second kappa shape index (κ2) is 9.74. The lowest BCUT2D eigenvalue weighted by Gasteiger charge is -2.09. The van der Waals surface area contributed by atoms with Crippen LogP contribution < -0.4 is 21.1 Å². The van der Waals surface area contributed by atoms with E-state index in [2.05, 4.69) is 32.8 Å². The summed E-state index contributed by atoms with van der Waals surface area (Å²) >= 11 is 0. The van der Waals surface area contributed by atoms with Crippen molar-refractivity contribution in [1.29, 1.82) is 0 Å². The highest BCUT2D eigenvalue weighted by Crippen LogP contribution is 2.13. The summed E-state index contributed by atoms with van der Waals surface area (Å²) < 4.78 is 12.4. The number of nitrogens with zero attached hydrogens (tertiary/aromatic N) is 3. The lowest BCUT2D eigenvalue weighted by molar-refractivity contribution is 0.199. The number of methoxy groups -OCH3 is 1. The Balaban J connectivity index is 1.65. The van der Waals surface area contributed by atoms with Gasteiger partial charge in [-0.05, 0) is 24.1 Å². The molecular weight excluding hydrogens is 308 g/mol. The first-order valence-electron chi connectivity index (χ1n) is 8.01. The first-order chi connectivity index (χ1) is 11.7. The molecule has 0 spiro atoms. The summed E-state index contributed by atoms with van der Waals surface area (Å²) in [6.07, 6.45) is 0.850. The van der Waals surface area contributed by atoms with Gasteiger partial charge in [-0.3, -0.25) is 0 Å². The van der Waals surface area contributed by atoms with Crippen LogP contribution in [0.15, 0.2) is 24.3 Å². The van der Waals surface area contributed by atoms with Crippen LogP contribution in [0.3, 0.4) is 0 Å². The molecule has 0 saturated carbocycles. The number of ether oxygens (including phenoxy) is 2. The van der Waals surface area contributed by atoms with Gasteiger partial charge >= 0.3 is 0 Å². The van der Waals surface area contributed by atoms with Crippen LogP contribution in [0.5, 0.6) is 5.75 Å². The fourth-order valence-electron chi connectivity index (χ4n) is 2.17. The van der Waals surface area contributed by atoms with Crippen LogP contribution in [0, 0.1) is 0 Å². The van der Waals surface area contributed by atoms with Crippen LogP contribution in [-0.4, -0.2) is 48.2 Å². The van der Waals surface area contributed by atoms with E-state index in [0.29, 0.717) is 19.2 Å². The van der Waals surface area contributed by atoms with E-state index in [0.717, 1.165) is 31.8 Å². The second-order valence-corrected chi connectivity index (χ2v) is 5.36. The van der Waals surface area contributed by atoms with Crippen LogP contribution in [0.1, 0.15) is 12.0 Å². The minimum absolute atomic E-state index is 0.271. The van der Waals surface area contributed by atoms with Crippen molar-refractivity contribution in [1.82, 2.24) is 20.1 Å². The molecule has 8 nitrogen and oxygen atoms in total. The van der Waals surface area contributed by atoms with Gasteiger partial charge in [0.15, 0.2) is 0 Å². The number of anilines is 2. The normalized spacial score (nSPS) is 10.8. The van der Waals surface area contributed by atoms with Gasteiger partial charge in [0.2, 0.25) is 11.9 Å². The van der Waals surface area contributed by atoms with Crippen LogP contribution in [-0.2, 0) is 18.3 Å². The van der Waals surface area contributed by atoms with Gasteiger partial charge in [0.25, 0.3) is 0 Å². The number of nitrogens with two attached hydrogens (primary N) is 1. The molecule has 24 heavy (non-hydrogen) atoms. The van der Waals surface area contributed by atoms with Crippen LogP contribution in [0.25, 0.3) is 0 Å². The topological polar surface area (TPSA) is 99.2 Å². The minimum Gasteiger partial charge on any atom is -0.494 e. The van der Waals surface area contributed by atoms with Gasteiger partial charge < -0.3 is 25.8 Å². The van der Waals surface area contributed by atoms with Gasteiger partial charge in [0.1, 0.15) is 5.75 Å². The van der Waals surface area contributed by atoms with Gasteiger partial charge in [-0.25, -0.2) is 4.68 Å². The summed E-state index contributed by atoms with van der Waals surface area (Å²) in [5.41, 5.74) is 6.72. The van der Waals surface area contributed by atoms with E-state index in [1.807, 2.05) is 12.1 Å². The third kappa shape index (κ3) is 6.05. The Hall–Kier alpha value is -2.32. The molecule has 0 saturated heterocycles. The third-order valence-electron chi connectivity index (χ3n) is 3.36. The first-order valence-corrected chi connectivity index (χ1v) is 8.01. The molecule has 0 bridgehead atoms. The quantitative estimate of drug-likeness (QED) is 0.528. The van der Waals surface area contributed by atoms with Crippen LogP contribution in [0.4, 0.5) is 11.9 Å². The standard InChI is InChI=1S/C16H26N6O2/c1-22-16(20-15(17)21-22)19-7-4-9-24-14-6-3-5-13(11-14)12-18-8-10-23-2/h3,5-6,11,18H,4,7-10,12H2,1-2H3,(H3,17,19,20,21). The van der Waals surface area contributed by atoms with E-state index in [1.165, 1.54) is 5.56 Å². The lowest BCUT2D eigenvalue weighted by atomic mass is 10.2. The summed E-state index contributed by atoms with van der Waals surface area (Å²) in [6, 6.07) is 8.10. The second-order valence-electron chi connectivity index (χ2n) is 5.36. The zero-order valence-electron chi connectivity index (χ0n) is 14.3. The Morgan fingerprint density at radius 1 is 1.25 bits per heavy atom. The van der Waals surface area contributed by atoms with Gasteiger partial charge in [-0.1, -0.05) is 12.1 Å². The van der Waals surface area contributed by atoms with Crippen molar-refractivity contribution in [2.75, 3.05) is 44.5 Å². The molecule has 1 heterocycles. The molecule has 0 aliphatic carbocycles. The number of aromatic nitrogens is 3. The average Bonchev–Trinajstić information content (AvgIpc) is 2.89. The van der Waals surface area contributed by atoms with Crippen LogP contribution >= 0.6 is 0 Å². The molecule has 0 unspecified atom stereocenters. The minimum atomic E-state index is 0.271. The molecule has 0 aliphatic rings. The molecule has 1 aromatic heterocycles. The zero-order chi connectivity index (χ0) is 17.2. The molecule has 2 rings (SSSR count). The molecule has 0 atom stereocenters. The highest BCUT2D eigenvalue weighted by molar-refractivity contribution is 5.31. The van der Waals surface area contributed by atoms with Crippen molar-refractivity contribution < 1.29 is 9.47 Å². The molecule has 132 valence electrons. The fourth-order valence-corrected chi connectivity index (χ4v) is 2.17. The van der Waals surface area contributed by atoms with Crippen molar-refractivity contribution in [2.45, 2.75) is 13.0 Å². The summed E-state index contributed by atoms with van der Waals surface area (Å²) in [5.74, 6) is 1.81. The monoisotopic (exact) mass is 334 g/mol.